The number of unbranched alkanes of at least 4 members (excludes halogenated alkanes) is 12. The second-order valence-corrected chi connectivity index (χ2v) is 14.6. The molecule has 0 amide bonds. The van der Waals surface area contributed by atoms with Crippen molar-refractivity contribution in [3.05, 3.63) is 0 Å². The maximum Gasteiger partial charge on any atom is 0.192 e. The van der Waals surface area contributed by atoms with E-state index in [1.165, 1.54) is 77.0 Å². The van der Waals surface area contributed by atoms with Gasteiger partial charge in [0.2, 0.25) is 0 Å². The number of aliphatic hydroxyl groups is 1. The Labute approximate surface area is 166 Å². The van der Waals surface area contributed by atoms with Crippen LogP contribution in [-0.2, 0) is 4.43 Å². The van der Waals surface area contributed by atoms with Crippen molar-refractivity contribution < 1.29 is 9.53 Å². The first-order chi connectivity index (χ1) is 12.2. The first kappa shape index (κ1) is 26.1. The van der Waals surface area contributed by atoms with Gasteiger partial charge in [0.15, 0.2) is 8.32 Å². The van der Waals surface area contributed by atoms with E-state index < -0.39 is 8.32 Å². The second kappa shape index (κ2) is 15.1. The molecule has 0 saturated carbocycles. The van der Waals surface area contributed by atoms with Gasteiger partial charge in [0.1, 0.15) is 0 Å². The Morgan fingerprint density at radius 2 is 1.12 bits per heavy atom. The minimum Gasteiger partial charge on any atom is -0.414 e. The molecule has 0 aromatic heterocycles. The van der Waals surface area contributed by atoms with E-state index in [4.69, 9.17) is 4.43 Å². The lowest BCUT2D eigenvalue weighted by molar-refractivity contribution is 0.0905. The van der Waals surface area contributed by atoms with Crippen LogP contribution in [0.15, 0.2) is 0 Å². The van der Waals surface area contributed by atoms with E-state index in [0.29, 0.717) is 6.61 Å². The Morgan fingerprint density at radius 1 is 0.731 bits per heavy atom. The molecule has 0 aromatic rings. The molecule has 0 aliphatic carbocycles. The van der Waals surface area contributed by atoms with Gasteiger partial charge in [-0.25, -0.2) is 0 Å². The monoisotopic (exact) mass is 386 g/mol. The summed E-state index contributed by atoms with van der Waals surface area (Å²) in [5.74, 6) is 0. The lowest BCUT2D eigenvalue weighted by atomic mass is 10.0. The maximum atomic E-state index is 10.2. The predicted octanol–water partition coefficient (Wildman–Crippen LogP) is 7.85. The summed E-state index contributed by atoms with van der Waals surface area (Å²) in [5.41, 5.74) is 0. The van der Waals surface area contributed by atoms with E-state index >= 15 is 0 Å². The average molecular weight is 387 g/mol. The summed E-state index contributed by atoms with van der Waals surface area (Å²) in [6.07, 6.45) is 18.4. The summed E-state index contributed by atoms with van der Waals surface area (Å²) >= 11 is 0. The van der Waals surface area contributed by atoms with Crippen LogP contribution in [-0.4, -0.2) is 26.1 Å². The van der Waals surface area contributed by atoms with Gasteiger partial charge in [-0.2, -0.15) is 0 Å². The van der Waals surface area contributed by atoms with Gasteiger partial charge < -0.3 is 9.53 Å². The molecule has 2 nitrogen and oxygen atoms in total. The first-order valence-electron chi connectivity index (χ1n) is 11.5. The highest BCUT2D eigenvalue weighted by Crippen LogP contribution is 2.36. The Morgan fingerprint density at radius 3 is 1.50 bits per heavy atom. The van der Waals surface area contributed by atoms with E-state index in [2.05, 4.69) is 40.8 Å². The molecule has 158 valence electrons. The zero-order valence-corrected chi connectivity index (χ0v) is 20.0. The van der Waals surface area contributed by atoms with Crippen molar-refractivity contribution in [2.45, 2.75) is 142 Å². The quantitative estimate of drug-likeness (QED) is 0.204. The maximum absolute atomic E-state index is 10.2. The Bertz CT molecular complexity index is 310. The highest BCUT2D eigenvalue weighted by Gasteiger charge is 2.37. The van der Waals surface area contributed by atoms with Crippen molar-refractivity contribution >= 4 is 8.32 Å². The lowest BCUT2D eigenvalue weighted by Gasteiger charge is -2.36. The molecule has 0 heterocycles. The van der Waals surface area contributed by atoms with Crippen LogP contribution >= 0.6 is 0 Å². The normalized spacial score (nSPS) is 14.0. The third-order valence-electron chi connectivity index (χ3n) is 6.08. The van der Waals surface area contributed by atoms with E-state index in [0.717, 1.165) is 12.8 Å². The van der Waals surface area contributed by atoms with Crippen molar-refractivity contribution in [1.29, 1.82) is 0 Å². The van der Waals surface area contributed by atoms with Gasteiger partial charge in [-0.1, -0.05) is 111 Å². The van der Waals surface area contributed by atoms with Crippen LogP contribution in [0.2, 0.25) is 18.1 Å². The van der Waals surface area contributed by atoms with Crippen LogP contribution in [0.25, 0.3) is 0 Å². The van der Waals surface area contributed by atoms with E-state index in [1.807, 2.05) is 0 Å². The summed E-state index contributed by atoms with van der Waals surface area (Å²) in [4.78, 5) is 0. The molecule has 26 heavy (non-hydrogen) atoms. The topological polar surface area (TPSA) is 29.5 Å². The zero-order valence-electron chi connectivity index (χ0n) is 19.0. The molecule has 0 fully saturated rings. The largest absolute Gasteiger partial charge is 0.414 e. The van der Waals surface area contributed by atoms with Gasteiger partial charge in [-0.15, -0.1) is 0 Å². The molecule has 0 saturated heterocycles. The number of aliphatic hydroxyl groups excluding tert-OH is 1. The molecule has 0 radical (unpaired) electrons. The minimum atomic E-state index is -1.71. The van der Waals surface area contributed by atoms with Crippen molar-refractivity contribution in [2.24, 2.45) is 0 Å². The summed E-state index contributed by atoms with van der Waals surface area (Å²) in [6.45, 7) is 14.1. The van der Waals surface area contributed by atoms with Gasteiger partial charge in [0.25, 0.3) is 0 Å². The molecule has 0 spiro atoms. The Kier molecular flexibility index (Phi) is 15.2. The highest BCUT2D eigenvalue weighted by atomic mass is 28.4. The van der Waals surface area contributed by atoms with Crippen molar-refractivity contribution in [1.82, 2.24) is 0 Å². The average Bonchev–Trinajstić information content (AvgIpc) is 2.56. The van der Waals surface area contributed by atoms with Gasteiger partial charge in [-0.3, -0.25) is 0 Å². The fourth-order valence-corrected chi connectivity index (χ4v) is 4.04. The molecule has 0 rings (SSSR count). The SMILES string of the molecule is CCCCCCCCCCCCCCC[C@H](O)CO[Si](C)(C)C(C)(C)C. The predicted molar refractivity (Wildman–Crippen MR) is 119 cm³/mol. The second-order valence-electron chi connectivity index (χ2n) is 9.76. The molecule has 3 heteroatoms. The van der Waals surface area contributed by atoms with Crippen LogP contribution in [0.4, 0.5) is 0 Å². The summed E-state index contributed by atoms with van der Waals surface area (Å²) in [5, 5.41) is 10.4. The molecule has 1 N–H and O–H groups in total. The molecule has 0 unspecified atom stereocenters. The van der Waals surface area contributed by atoms with E-state index in [1.54, 1.807) is 0 Å². The molecule has 0 aliphatic heterocycles. The van der Waals surface area contributed by atoms with Gasteiger partial charge in [0, 0.05) is 0 Å². The summed E-state index contributed by atoms with van der Waals surface area (Å²) < 4.78 is 6.11. The standard InChI is InChI=1S/C23H50O2Si/c1-7-8-9-10-11-12-13-14-15-16-17-18-19-20-22(24)21-25-26(5,6)23(2,3)4/h22,24H,7-21H2,1-6H3/t22-/m0/s1. The fourth-order valence-electron chi connectivity index (χ4n) is 3.00. The number of hydrogen-bond donors (Lipinski definition) is 1. The number of rotatable bonds is 17. The third kappa shape index (κ3) is 14.2. The Balaban J connectivity index is 3.40. The van der Waals surface area contributed by atoms with Crippen LogP contribution in [0.3, 0.4) is 0 Å². The van der Waals surface area contributed by atoms with Crippen molar-refractivity contribution in [3.63, 3.8) is 0 Å². The van der Waals surface area contributed by atoms with Crippen LogP contribution < -0.4 is 0 Å². The number of hydrogen-bond acceptors (Lipinski definition) is 2. The van der Waals surface area contributed by atoms with Gasteiger partial charge in [-0.05, 0) is 24.6 Å². The molecular weight excluding hydrogens is 336 g/mol. The zero-order chi connectivity index (χ0) is 19.9. The van der Waals surface area contributed by atoms with Gasteiger partial charge >= 0.3 is 0 Å². The Hall–Kier alpha value is 0.137. The van der Waals surface area contributed by atoms with E-state index in [-0.39, 0.29) is 11.1 Å². The third-order valence-corrected chi connectivity index (χ3v) is 10.6. The molecule has 0 aromatic carbocycles. The van der Waals surface area contributed by atoms with Crippen LogP contribution in [0.1, 0.15) is 118 Å². The fraction of sp³-hybridized carbons (Fsp3) is 1.00. The van der Waals surface area contributed by atoms with Crippen LogP contribution in [0, 0.1) is 0 Å². The molecular formula is C23H50O2Si. The highest BCUT2D eigenvalue weighted by molar-refractivity contribution is 6.74. The van der Waals surface area contributed by atoms with E-state index in [9.17, 15) is 5.11 Å². The molecule has 1 atom stereocenters. The summed E-state index contributed by atoms with van der Waals surface area (Å²) in [7, 11) is -1.71. The first-order valence-corrected chi connectivity index (χ1v) is 14.4. The minimum absolute atomic E-state index is 0.224. The van der Waals surface area contributed by atoms with Crippen molar-refractivity contribution in [3.8, 4) is 0 Å². The van der Waals surface area contributed by atoms with Crippen molar-refractivity contribution in [2.75, 3.05) is 6.61 Å². The lowest BCUT2D eigenvalue weighted by Crippen LogP contribution is -2.42. The van der Waals surface area contributed by atoms with Gasteiger partial charge in [0.05, 0.1) is 12.7 Å². The van der Waals surface area contributed by atoms with Crippen LogP contribution in [0.5, 0.6) is 0 Å². The summed E-state index contributed by atoms with van der Waals surface area (Å²) in [6, 6.07) is 0. The molecule has 0 bridgehead atoms. The molecule has 0 aliphatic rings. The smallest absolute Gasteiger partial charge is 0.192 e.